The number of halogens is 3. The third kappa shape index (κ3) is 2.55. The first-order chi connectivity index (χ1) is 9.58. The second-order valence-corrected chi connectivity index (χ2v) is 7.96. The van der Waals surface area contributed by atoms with Crippen LogP contribution in [-0.4, -0.2) is 25.9 Å². The molecule has 10 heteroatoms. The van der Waals surface area contributed by atoms with Crippen LogP contribution in [0, 0.1) is 11.3 Å². The van der Waals surface area contributed by atoms with Crippen molar-refractivity contribution in [3.63, 3.8) is 0 Å². The molecular weight excluding hydrogens is 327 g/mol. The lowest BCUT2D eigenvalue weighted by molar-refractivity contribution is -0.151. The number of anilines is 2. The van der Waals surface area contributed by atoms with E-state index in [0.29, 0.717) is 11.3 Å². The first-order valence-electron chi connectivity index (χ1n) is 5.98. The van der Waals surface area contributed by atoms with E-state index in [4.69, 9.17) is 11.0 Å². The van der Waals surface area contributed by atoms with Crippen molar-refractivity contribution in [2.24, 2.45) is 0 Å². The number of sulfone groups is 1. The molecule has 0 aromatic carbocycles. The molecule has 21 heavy (non-hydrogen) atoms. The van der Waals surface area contributed by atoms with Crippen LogP contribution in [0.1, 0.15) is 24.6 Å². The molecule has 1 heterocycles. The second-order valence-electron chi connectivity index (χ2n) is 4.72. The van der Waals surface area contributed by atoms with Gasteiger partial charge in [-0.05, 0) is 12.8 Å². The Balaban J connectivity index is 2.53. The number of nitrogens with two attached hydrogens (primary N) is 1. The lowest BCUT2D eigenvalue weighted by atomic mass is 10.2. The summed E-state index contributed by atoms with van der Waals surface area (Å²) >= 11 is 0.635. The molecule has 0 spiro atoms. The quantitative estimate of drug-likeness (QED) is 0.878. The fourth-order valence-corrected chi connectivity index (χ4v) is 4.41. The van der Waals surface area contributed by atoms with Gasteiger partial charge >= 0.3 is 6.18 Å². The number of nitrogens with zero attached hydrogens (tertiary/aromatic N) is 1. The van der Waals surface area contributed by atoms with E-state index < -0.39 is 26.4 Å². The average Bonchev–Trinajstić information content (AvgIpc) is 3.08. The number of thiophene rings is 1. The molecule has 1 fully saturated rings. The Morgan fingerprint density at radius 3 is 2.43 bits per heavy atom. The Kier molecular flexibility index (Phi) is 3.62. The minimum Gasteiger partial charge on any atom is -0.396 e. The molecule has 3 N–H and O–H groups in total. The van der Waals surface area contributed by atoms with E-state index in [-0.39, 0.29) is 34.2 Å². The van der Waals surface area contributed by atoms with Gasteiger partial charge in [0, 0.05) is 0 Å². The van der Waals surface area contributed by atoms with Gasteiger partial charge in [0.2, 0.25) is 0 Å². The zero-order valence-electron chi connectivity index (χ0n) is 10.9. The van der Waals surface area contributed by atoms with Gasteiger partial charge in [0.25, 0.3) is 0 Å². The molecule has 0 aliphatic heterocycles. The summed E-state index contributed by atoms with van der Waals surface area (Å²) in [7, 11) is -3.83. The van der Waals surface area contributed by atoms with Crippen molar-refractivity contribution in [3.8, 4) is 6.07 Å². The van der Waals surface area contributed by atoms with Crippen molar-refractivity contribution in [1.29, 1.82) is 5.26 Å². The molecule has 5 nitrogen and oxygen atoms in total. The van der Waals surface area contributed by atoms with Crippen molar-refractivity contribution in [2.75, 3.05) is 16.8 Å². The molecule has 1 aromatic heterocycles. The highest BCUT2D eigenvalue weighted by atomic mass is 32.2. The second kappa shape index (κ2) is 4.78. The topological polar surface area (TPSA) is 96.0 Å². The summed E-state index contributed by atoms with van der Waals surface area (Å²) in [5, 5.41) is 11.0. The van der Waals surface area contributed by atoms with Crippen LogP contribution in [0.3, 0.4) is 0 Å². The van der Waals surface area contributed by atoms with E-state index in [2.05, 4.69) is 5.32 Å². The van der Waals surface area contributed by atoms with Gasteiger partial charge in [0.1, 0.15) is 26.4 Å². The third-order valence-corrected chi connectivity index (χ3v) is 6.30. The summed E-state index contributed by atoms with van der Waals surface area (Å²) in [6.07, 6.45) is -4.77. The first kappa shape index (κ1) is 15.9. The van der Waals surface area contributed by atoms with Crippen LogP contribution in [0.4, 0.5) is 23.9 Å². The Morgan fingerprint density at radius 1 is 1.48 bits per heavy atom. The molecule has 2 rings (SSSR count). The van der Waals surface area contributed by atoms with Crippen molar-refractivity contribution in [2.45, 2.75) is 36.4 Å². The predicted molar refractivity (Wildman–Crippen MR) is 72.8 cm³/mol. The number of hydrogen-bond donors (Lipinski definition) is 2. The number of nitrogens with one attached hydrogen (secondary N) is 1. The monoisotopic (exact) mass is 339 g/mol. The van der Waals surface area contributed by atoms with Crippen LogP contribution in [0.5, 0.6) is 0 Å². The fourth-order valence-electron chi connectivity index (χ4n) is 1.87. The smallest absolute Gasteiger partial charge is 0.396 e. The SMILES string of the molecule is CCS(=O)(=O)c1c(NC2(C(F)(F)F)CC2)sc(C#N)c1N. The van der Waals surface area contributed by atoms with E-state index in [1.54, 1.807) is 6.07 Å². The van der Waals surface area contributed by atoms with E-state index in [1.165, 1.54) is 6.92 Å². The van der Waals surface area contributed by atoms with Crippen LogP contribution in [0.25, 0.3) is 0 Å². The van der Waals surface area contributed by atoms with Gasteiger partial charge in [-0.2, -0.15) is 18.4 Å². The number of nitriles is 1. The third-order valence-electron chi connectivity index (χ3n) is 3.34. The van der Waals surface area contributed by atoms with Crippen molar-refractivity contribution >= 4 is 31.9 Å². The highest BCUT2D eigenvalue weighted by Crippen LogP contribution is 2.53. The normalized spacial score (nSPS) is 17.3. The number of alkyl halides is 3. The maximum atomic E-state index is 13.0. The molecular formula is C11H12F3N3O2S2. The van der Waals surface area contributed by atoms with Crippen LogP contribution in [-0.2, 0) is 9.84 Å². The minimum absolute atomic E-state index is 0.109. The number of rotatable bonds is 4. The van der Waals surface area contributed by atoms with Gasteiger partial charge in [-0.25, -0.2) is 8.42 Å². The molecule has 0 saturated heterocycles. The van der Waals surface area contributed by atoms with Crippen LogP contribution < -0.4 is 11.1 Å². The molecule has 1 aliphatic rings. The standard InChI is InChI=1S/C11H12F3N3O2S2/c1-2-21(18,19)8-7(16)6(5-15)20-9(8)17-10(3-4-10)11(12,13)14/h17H,2-4,16H2,1H3. The Hall–Kier alpha value is -1.47. The molecule has 1 aliphatic carbocycles. The highest BCUT2D eigenvalue weighted by Gasteiger charge is 2.64. The maximum Gasteiger partial charge on any atom is 0.411 e. The summed E-state index contributed by atoms with van der Waals surface area (Å²) in [6.45, 7) is 1.36. The average molecular weight is 339 g/mol. The lowest BCUT2D eigenvalue weighted by Crippen LogP contribution is -2.38. The summed E-state index contributed by atoms with van der Waals surface area (Å²) in [6, 6.07) is 1.70. The van der Waals surface area contributed by atoms with Crippen molar-refractivity contribution < 1.29 is 21.6 Å². The maximum absolute atomic E-state index is 13.0. The summed E-state index contributed by atoms with van der Waals surface area (Å²) < 4.78 is 63.0. The summed E-state index contributed by atoms with van der Waals surface area (Å²) in [5.41, 5.74) is 3.21. The van der Waals surface area contributed by atoms with E-state index in [9.17, 15) is 21.6 Å². The van der Waals surface area contributed by atoms with Gasteiger partial charge in [-0.15, -0.1) is 11.3 Å². The lowest BCUT2D eigenvalue weighted by Gasteiger charge is -2.21. The van der Waals surface area contributed by atoms with Crippen LogP contribution in [0.15, 0.2) is 4.90 Å². The van der Waals surface area contributed by atoms with Gasteiger partial charge in [0.15, 0.2) is 9.84 Å². The molecule has 0 atom stereocenters. The predicted octanol–water partition coefficient (Wildman–Crippen LogP) is 2.50. The van der Waals surface area contributed by atoms with E-state index in [0.717, 1.165) is 0 Å². The van der Waals surface area contributed by atoms with E-state index in [1.807, 2.05) is 0 Å². The molecule has 116 valence electrons. The van der Waals surface area contributed by atoms with Gasteiger partial charge < -0.3 is 11.1 Å². The molecule has 1 saturated carbocycles. The molecule has 0 radical (unpaired) electrons. The van der Waals surface area contributed by atoms with Gasteiger partial charge in [-0.1, -0.05) is 6.92 Å². The minimum atomic E-state index is -4.49. The zero-order valence-corrected chi connectivity index (χ0v) is 12.5. The highest BCUT2D eigenvalue weighted by molar-refractivity contribution is 7.91. The Labute approximate surface area is 123 Å². The fraction of sp³-hybridized carbons (Fsp3) is 0.545. The number of nitrogen functional groups attached to an aromatic ring is 1. The molecule has 0 unspecified atom stereocenters. The molecule has 0 bridgehead atoms. The van der Waals surface area contributed by atoms with Gasteiger partial charge in [-0.3, -0.25) is 0 Å². The Bertz CT molecular complexity index is 712. The van der Waals surface area contributed by atoms with Crippen LogP contribution in [0.2, 0.25) is 0 Å². The van der Waals surface area contributed by atoms with Crippen molar-refractivity contribution in [1.82, 2.24) is 0 Å². The molecule has 1 aromatic rings. The molecule has 0 amide bonds. The van der Waals surface area contributed by atoms with Crippen molar-refractivity contribution in [3.05, 3.63) is 4.88 Å². The largest absolute Gasteiger partial charge is 0.411 e. The number of hydrogen-bond acceptors (Lipinski definition) is 6. The first-order valence-corrected chi connectivity index (χ1v) is 8.45. The van der Waals surface area contributed by atoms with Crippen LogP contribution >= 0.6 is 11.3 Å². The Morgan fingerprint density at radius 2 is 2.05 bits per heavy atom. The van der Waals surface area contributed by atoms with Gasteiger partial charge in [0.05, 0.1) is 11.4 Å². The zero-order chi connectivity index (χ0) is 16.1. The van der Waals surface area contributed by atoms with E-state index >= 15 is 0 Å². The summed E-state index contributed by atoms with van der Waals surface area (Å²) in [5.74, 6) is -0.313. The summed E-state index contributed by atoms with van der Waals surface area (Å²) in [4.78, 5) is -0.510.